The van der Waals surface area contributed by atoms with Gasteiger partial charge in [-0.1, -0.05) is 51.4 Å². The molecule has 0 bridgehead atoms. The van der Waals surface area contributed by atoms with Crippen LogP contribution in [0.5, 0.6) is 0 Å². The lowest BCUT2D eigenvalue weighted by molar-refractivity contribution is -0.127. The second kappa shape index (κ2) is 12.0. The third-order valence-electron chi connectivity index (χ3n) is 5.68. The summed E-state index contributed by atoms with van der Waals surface area (Å²) in [7, 11) is 0. The summed E-state index contributed by atoms with van der Waals surface area (Å²) in [5.74, 6) is -0.793. The minimum absolute atomic E-state index is 0.0863. The van der Waals surface area contributed by atoms with Crippen LogP contribution in [0.4, 0.5) is 4.79 Å². The van der Waals surface area contributed by atoms with Crippen molar-refractivity contribution in [2.45, 2.75) is 64.5 Å². The summed E-state index contributed by atoms with van der Waals surface area (Å²) in [4.78, 5) is 48.6. The lowest BCUT2D eigenvalue weighted by Crippen LogP contribution is -2.51. The maximum atomic E-state index is 12.8. The van der Waals surface area contributed by atoms with E-state index in [0.717, 1.165) is 5.56 Å². The summed E-state index contributed by atoms with van der Waals surface area (Å²) in [6.07, 6.45) is 1.13. The van der Waals surface area contributed by atoms with Crippen molar-refractivity contribution in [2.75, 3.05) is 13.2 Å². The molecule has 0 aliphatic carbocycles. The van der Waals surface area contributed by atoms with Crippen LogP contribution in [0.25, 0.3) is 0 Å². The molecule has 1 aromatic rings. The molecule has 3 atom stereocenters. The minimum atomic E-state index is -0.869. The van der Waals surface area contributed by atoms with Gasteiger partial charge in [0.05, 0.1) is 6.04 Å². The van der Waals surface area contributed by atoms with E-state index in [1.165, 1.54) is 0 Å². The lowest BCUT2D eigenvalue weighted by Gasteiger charge is -2.26. The van der Waals surface area contributed by atoms with Gasteiger partial charge in [-0.05, 0) is 42.9 Å². The largest absolute Gasteiger partial charge is 0.449 e. The van der Waals surface area contributed by atoms with E-state index in [9.17, 15) is 19.2 Å². The molecule has 0 aromatic heterocycles. The number of halogens is 1. The Hall–Kier alpha value is -2.61. The number of amides is 3. The predicted octanol–water partition coefficient (Wildman–Crippen LogP) is 2.97. The minimum Gasteiger partial charge on any atom is -0.449 e. The standard InChI is InChI=1S/C24H34ClN3O5/c1-15(2)10-20(22(31)27-19(13-29)11-16-8-9-26-21(16)30)28-23(32)33-14-24(3,4)17-6-5-7-18(25)12-17/h5-7,12-13,15-16,19-20H,8-11,14H2,1-4H3,(H,26,30)(H,27,31)(H,28,32)/t16-,19?,20?/m0/s1. The zero-order valence-electron chi connectivity index (χ0n) is 19.7. The molecule has 0 saturated carbocycles. The molecule has 8 nitrogen and oxygen atoms in total. The average molecular weight is 480 g/mol. The summed E-state index contributed by atoms with van der Waals surface area (Å²) in [5.41, 5.74) is 0.437. The monoisotopic (exact) mass is 479 g/mol. The summed E-state index contributed by atoms with van der Waals surface area (Å²) in [6, 6.07) is 5.66. The predicted molar refractivity (Wildman–Crippen MR) is 126 cm³/mol. The van der Waals surface area contributed by atoms with Gasteiger partial charge in [-0.25, -0.2) is 4.79 Å². The van der Waals surface area contributed by atoms with Gasteiger partial charge in [0.1, 0.15) is 18.9 Å². The molecule has 33 heavy (non-hydrogen) atoms. The van der Waals surface area contributed by atoms with E-state index in [2.05, 4.69) is 16.0 Å². The summed E-state index contributed by atoms with van der Waals surface area (Å²) < 4.78 is 5.42. The lowest BCUT2D eigenvalue weighted by atomic mass is 9.86. The van der Waals surface area contributed by atoms with Crippen LogP contribution in [-0.4, -0.2) is 49.4 Å². The Balaban J connectivity index is 1.96. The van der Waals surface area contributed by atoms with Crippen molar-refractivity contribution < 1.29 is 23.9 Å². The van der Waals surface area contributed by atoms with Crippen molar-refractivity contribution in [1.82, 2.24) is 16.0 Å². The van der Waals surface area contributed by atoms with Crippen LogP contribution in [0.15, 0.2) is 24.3 Å². The van der Waals surface area contributed by atoms with Gasteiger partial charge in [-0.2, -0.15) is 0 Å². The van der Waals surface area contributed by atoms with E-state index in [1.807, 2.05) is 45.9 Å². The highest BCUT2D eigenvalue weighted by atomic mass is 35.5. The van der Waals surface area contributed by atoms with E-state index in [4.69, 9.17) is 16.3 Å². The van der Waals surface area contributed by atoms with Gasteiger partial charge < -0.3 is 25.5 Å². The Morgan fingerprint density at radius 1 is 1.30 bits per heavy atom. The first kappa shape index (κ1) is 26.6. The van der Waals surface area contributed by atoms with E-state index >= 15 is 0 Å². The molecular weight excluding hydrogens is 446 g/mol. The van der Waals surface area contributed by atoms with Gasteiger partial charge in [0.25, 0.3) is 0 Å². The van der Waals surface area contributed by atoms with Crippen molar-refractivity contribution in [1.29, 1.82) is 0 Å². The second-order valence-electron chi connectivity index (χ2n) is 9.56. The first-order valence-electron chi connectivity index (χ1n) is 11.2. The molecule has 0 spiro atoms. The Bertz CT molecular complexity index is 858. The van der Waals surface area contributed by atoms with Gasteiger partial charge in [0.15, 0.2) is 0 Å². The van der Waals surface area contributed by atoms with Crippen molar-refractivity contribution >= 4 is 35.8 Å². The summed E-state index contributed by atoms with van der Waals surface area (Å²) in [5, 5.41) is 8.59. The zero-order chi connectivity index (χ0) is 24.6. The summed E-state index contributed by atoms with van der Waals surface area (Å²) in [6.45, 7) is 8.36. The highest BCUT2D eigenvalue weighted by Crippen LogP contribution is 2.26. The molecule has 0 radical (unpaired) electrons. The smallest absolute Gasteiger partial charge is 0.407 e. The van der Waals surface area contributed by atoms with Crippen LogP contribution in [0.2, 0.25) is 5.02 Å². The molecule has 9 heteroatoms. The van der Waals surface area contributed by atoms with Crippen molar-refractivity contribution in [2.24, 2.45) is 11.8 Å². The number of rotatable bonds is 11. The normalized spacial score (nSPS) is 17.8. The van der Waals surface area contributed by atoms with E-state index < -0.39 is 29.5 Å². The van der Waals surface area contributed by atoms with Crippen LogP contribution in [0, 0.1) is 11.8 Å². The zero-order valence-corrected chi connectivity index (χ0v) is 20.4. The molecule has 1 fully saturated rings. The van der Waals surface area contributed by atoms with Gasteiger partial charge in [0.2, 0.25) is 11.8 Å². The second-order valence-corrected chi connectivity index (χ2v) is 10.00. The Kier molecular flexibility index (Phi) is 9.70. The number of ether oxygens (including phenoxy) is 1. The molecule has 2 rings (SSSR count). The maximum Gasteiger partial charge on any atom is 0.407 e. The van der Waals surface area contributed by atoms with Crippen molar-refractivity contribution in [3.05, 3.63) is 34.9 Å². The van der Waals surface area contributed by atoms with Gasteiger partial charge >= 0.3 is 6.09 Å². The topological polar surface area (TPSA) is 114 Å². The fourth-order valence-corrected chi connectivity index (χ4v) is 3.92. The van der Waals surface area contributed by atoms with Crippen LogP contribution < -0.4 is 16.0 Å². The number of carbonyl (C=O) groups is 4. The van der Waals surface area contributed by atoms with E-state index in [-0.39, 0.29) is 30.8 Å². The number of aldehydes is 1. The molecule has 1 aliphatic rings. The fourth-order valence-electron chi connectivity index (χ4n) is 3.73. The van der Waals surface area contributed by atoms with E-state index in [1.54, 1.807) is 6.07 Å². The van der Waals surface area contributed by atoms with Crippen molar-refractivity contribution in [3.8, 4) is 0 Å². The van der Waals surface area contributed by atoms with Gasteiger partial charge in [-0.3, -0.25) is 9.59 Å². The molecule has 2 unspecified atom stereocenters. The fraction of sp³-hybridized carbons (Fsp3) is 0.583. The molecule has 1 aromatic carbocycles. The van der Waals surface area contributed by atoms with Crippen LogP contribution in [-0.2, 0) is 24.5 Å². The molecule has 3 amide bonds. The molecular formula is C24H34ClN3O5. The number of alkyl carbamates (subject to hydrolysis) is 1. The van der Waals surface area contributed by atoms with Gasteiger partial charge in [0, 0.05) is 22.9 Å². The maximum absolute atomic E-state index is 12.8. The number of benzene rings is 1. The molecule has 1 aliphatic heterocycles. The Morgan fingerprint density at radius 3 is 2.61 bits per heavy atom. The number of hydrogen-bond acceptors (Lipinski definition) is 5. The Morgan fingerprint density at radius 2 is 2.03 bits per heavy atom. The average Bonchev–Trinajstić information content (AvgIpc) is 3.15. The van der Waals surface area contributed by atoms with E-state index in [0.29, 0.717) is 30.7 Å². The van der Waals surface area contributed by atoms with Crippen molar-refractivity contribution in [3.63, 3.8) is 0 Å². The third-order valence-corrected chi connectivity index (χ3v) is 5.91. The molecule has 1 saturated heterocycles. The van der Waals surface area contributed by atoms with Crippen LogP contribution in [0.3, 0.4) is 0 Å². The molecule has 3 N–H and O–H groups in total. The van der Waals surface area contributed by atoms with Crippen LogP contribution in [0.1, 0.15) is 52.5 Å². The van der Waals surface area contributed by atoms with Gasteiger partial charge in [-0.15, -0.1) is 0 Å². The van der Waals surface area contributed by atoms with Crippen LogP contribution >= 0.6 is 11.6 Å². The Labute approximate surface area is 200 Å². The third kappa shape index (κ3) is 8.35. The summed E-state index contributed by atoms with van der Waals surface area (Å²) >= 11 is 6.07. The number of carbonyl (C=O) groups excluding carboxylic acids is 4. The molecule has 182 valence electrons. The number of hydrogen-bond donors (Lipinski definition) is 3. The highest BCUT2D eigenvalue weighted by Gasteiger charge is 2.30. The highest BCUT2D eigenvalue weighted by molar-refractivity contribution is 6.30. The SMILES string of the molecule is CC(C)CC(NC(=O)OCC(C)(C)c1cccc(Cl)c1)C(=O)NC(C=O)C[C@@H]1CCNC1=O. The molecule has 1 heterocycles. The number of nitrogens with one attached hydrogen (secondary N) is 3. The first-order valence-corrected chi connectivity index (χ1v) is 11.6. The quantitative estimate of drug-likeness (QED) is 0.422. The first-order chi connectivity index (χ1) is 15.5.